The third-order valence-electron chi connectivity index (χ3n) is 4.39. The molecule has 1 aliphatic heterocycles. The number of fused-ring (bicyclic) bond motifs is 1. The minimum Gasteiger partial charge on any atom is -0.384 e. The van der Waals surface area contributed by atoms with E-state index in [9.17, 15) is 14.0 Å². The van der Waals surface area contributed by atoms with E-state index in [4.69, 9.17) is 0 Å². The van der Waals surface area contributed by atoms with E-state index in [1.54, 1.807) is 0 Å². The Labute approximate surface area is 143 Å². The summed E-state index contributed by atoms with van der Waals surface area (Å²) >= 11 is 0. The van der Waals surface area contributed by atoms with Crippen molar-refractivity contribution in [1.29, 1.82) is 0 Å². The number of carbonyl (C=O) groups is 2. The van der Waals surface area contributed by atoms with Gasteiger partial charge >= 0.3 is 0 Å². The molecule has 7 nitrogen and oxygen atoms in total. The number of rotatable bonds is 4. The number of H-pyrrole nitrogens is 1. The van der Waals surface area contributed by atoms with Crippen molar-refractivity contribution in [2.24, 2.45) is 0 Å². The zero-order valence-corrected chi connectivity index (χ0v) is 13.5. The van der Waals surface area contributed by atoms with Crippen LogP contribution in [0.4, 0.5) is 15.9 Å². The summed E-state index contributed by atoms with van der Waals surface area (Å²) in [5, 5.41) is 15.1. The molecular formula is C17H18FN5O2. The molecule has 2 aromatic rings. The van der Waals surface area contributed by atoms with E-state index >= 15 is 0 Å². The molecule has 0 bridgehead atoms. The molecule has 1 aromatic carbocycles. The van der Waals surface area contributed by atoms with Gasteiger partial charge < -0.3 is 16.0 Å². The Kier molecular flexibility index (Phi) is 3.87. The lowest BCUT2D eigenvalue weighted by Gasteiger charge is -2.21. The van der Waals surface area contributed by atoms with Crippen LogP contribution in [0.2, 0.25) is 0 Å². The lowest BCUT2D eigenvalue weighted by atomic mass is 9.98. The van der Waals surface area contributed by atoms with Crippen LogP contribution in [0.1, 0.15) is 45.5 Å². The standard InChI is InChI=1S/C17H18FN5O2/c18-10-6-9-2-1-5-19-14(9)12(7-10)16(24)22-15-13(8-20-23-15)17(25)21-11-3-4-11/h6-8,11,19H,1-5H2,(H,21,25)(H2,20,22,23,24). The molecule has 25 heavy (non-hydrogen) atoms. The fourth-order valence-electron chi connectivity index (χ4n) is 2.97. The monoisotopic (exact) mass is 343 g/mol. The van der Waals surface area contributed by atoms with Gasteiger partial charge in [0.1, 0.15) is 17.2 Å². The van der Waals surface area contributed by atoms with Gasteiger partial charge in [0.05, 0.1) is 17.4 Å². The number of aromatic amines is 1. The summed E-state index contributed by atoms with van der Waals surface area (Å²) in [6.45, 7) is 0.734. The Morgan fingerprint density at radius 3 is 2.84 bits per heavy atom. The molecule has 1 aromatic heterocycles. The van der Waals surface area contributed by atoms with Gasteiger partial charge in [0.25, 0.3) is 11.8 Å². The van der Waals surface area contributed by atoms with Crippen LogP contribution in [0.5, 0.6) is 0 Å². The number of anilines is 2. The minimum absolute atomic E-state index is 0.199. The first-order valence-electron chi connectivity index (χ1n) is 8.33. The van der Waals surface area contributed by atoms with Crippen molar-refractivity contribution in [1.82, 2.24) is 15.5 Å². The molecule has 0 saturated heterocycles. The molecule has 1 aliphatic carbocycles. The minimum atomic E-state index is -0.491. The van der Waals surface area contributed by atoms with Gasteiger partial charge in [0.15, 0.2) is 0 Å². The Morgan fingerprint density at radius 1 is 1.20 bits per heavy atom. The van der Waals surface area contributed by atoms with E-state index < -0.39 is 11.7 Å². The van der Waals surface area contributed by atoms with Crippen LogP contribution in [0, 0.1) is 5.82 Å². The van der Waals surface area contributed by atoms with Crippen LogP contribution < -0.4 is 16.0 Å². The maximum absolute atomic E-state index is 13.9. The number of nitrogens with one attached hydrogen (secondary N) is 4. The van der Waals surface area contributed by atoms with Crippen molar-refractivity contribution in [2.75, 3.05) is 17.2 Å². The number of nitrogens with zero attached hydrogens (tertiary/aromatic N) is 1. The molecule has 1 fully saturated rings. The van der Waals surface area contributed by atoms with E-state index in [1.807, 2.05) is 0 Å². The maximum atomic E-state index is 13.9. The number of aromatic nitrogens is 2. The Hall–Kier alpha value is -2.90. The average Bonchev–Trinajstić information content (AvgIpc) is 3.29. The Bertz CT molecular complexity index is 844. The summed E-state index contributed by atoms with van der Waals surface area (Å²) in [5.41, 5.74) is 1.91. The van der Waals surface area contributed by atoms with Crippen molar-refractivity contribution >= 4 is 23.3 Å². The van der Waals surface area contributed by atoms with Gasteiger partial charge in [-0.1, -0.05) is 0 Å². The molecule has 2 heterocycles. The normalized spacial score (nSPS) is 15.9. The highest BCUT2D eigenvalue weighted by atomic mass is 19.1. The smallest absolute Gasteiger partial charge is 0.259 e. The summed E-state index contributed by atoms with van der Waals surface area (Å²) in [7, 11) is 0. The molecule has 8 heteroatoms. The van der Waals surface area contributed by atoms with Gasteiger partial charge in [-0.25, -0.2) is 4.39 Å². The first-order valence-corrected chi connectivity index (χ1v) is 8.33. The number of aryl methyl sites for hydroxylation is 1. The van der Waals surface area contributed by atoms with Gasteiger partial charge in [0.2, 0.25) is 0 Å². The van der Waals surface area contributed by atoms with Crippen LogP contribution in [0.15, 0.2) is 18.3 Å². The van der Waals surface area contributed by atoms with Gasteiger partial charge in [-0.15, -0.1) is 0 Å². The van der Waals surface area contributed by atoms with Gasteiger partial charge in [-0.05, 0) is 43.4 Å². The van der Waals surface area contributed by atoms with Crippen molar-refractivity contribution in [3.8, 4) is 0 Å². The van der Waals surface area contributed by atoms with Crippen LogP contribution in [-0.4, -0.2) is 34.6 Å². The molecular weight excluding hydrogens is 325 g/mol. The third-order valence-corrected chi connectivity index (χ3v) is 4.39. The van der Waals surface area contributed by atoms with Crippen LogP contribution in [-0.2, 0) is 6.42 Å². The summed E-state index contributed by atoms with van der Waals surface area (Å²) in [6, 6.07) is 2.85. The number of benzene rings is 1. The third kappa shape index (κ3) is 3.19. The molecule has 130 valence electrons. The molecule has 2 aliphatic rings. The van der Waals surface area contributed by atoms with Gasteiger partial charge in [0, 0.05) is 12.6 Å². The largest absolute Gasteiger partial charge is 0.384 e. The molecule has 4 rings (SSSR count). The highest BCUT2D eigenvalue weighted by molar-refractivity contribution is 6.11. The number of hydrogen-bond acceptors (Lipinski definition) is 4. The van der Waals surface area contributed by atoms with Crippen molar-refractivity contribution < 1.29 is 14.0 Å². The molecule has 0 radical (unpaired) electrons. The summed E-state index contributed by atoms with van der Waals surface area (Å²) < 4.78 is 13.9. The number of halogens is 1. The summed E-state index contributed by atoms with van der Waals surface area (Å²) in [6.07, 6.45) is 4.91. The van der Waals surface area contributed by atoms with Crippen molar-refractivity contribution in [3.05, 3.63) is 40.8 Å². The topological polar surface area (TPSA) is 98.9 Å². The SMILES string of the molecule is O=C(NC1CC1)c1cn[nH]c1NC(=O)c1cc(F)cc2c1NCCC2. The zero-order valence-electron chi connectivity index (χ0n) is 13.5. The van der Waals surface area contributed by atoms with E-state index in [-0.39, 0.29) is 28.9 Å². The molecule has 0 spiro atoms. The van der Waals surface area contributed by atoms with E-state index in [1.165, 1.54) is 18.3 Å². The van der Waals surface area contributed by atoms with Gasteiger partial charge in [-0.2, -0.15) is 5.10 Å². The lowest BCUT2D eigenvalue weighted by molar-refractivity contribution is 0.0952. The van der Waals surface area contributed by atoms with E-state index in [2.05, 4.69) is 26.1 Å². The molecule has 0 unspecified atom stereocenters. The highest BCUT2D eigenvalue weighted by Crippen LogP contribution is 2.28. The first kappa shape index (κ1) is 15.6. The second-order valence-electron chi connectivity index (χ2n) is 6.38. The fraction of sp³-hybridized carbons (Fsp3) is 0.353. The van der Waals surface area contributed by atoms with Crippen LogP contribution >= 0.6 is 0 Å². The quantitative estimate of drug-likeness (QED) is 0.683. The van der Waals surface area contributed by atoms with Gasteiger partial charge in [-0.3, -0.25) is 14.7 Å². The molecule has 1 saturated carbocycles. The molecule has 4 N–H and O–H groups in total. The van der Waals surface area contributed by atoms with Crippen LogP contribution in [0.25, 0.3) is 0 Å². The maximum Gasteiger partial charge on any atom is 0.259 e. The van der Waals surface area contributed by atoms with Crippen LogP contribution in [0.3, 0.4) is 0 Å². The number of hydrogen-bond donors (Lipinski definition) is 4. The van der Waals surface area contributed by atoms with E-state index in [0.717, 1.165) is 37.8 Å². The lowest BCUT2D eigenvalue weighted by Crippen LogP contribution is -2.27. The zero-order chi connectivity index (χ0) is 17.4. The second kappa shape index (κ2) is 6.19. The average molecular weight is 343 g/mol. The first-order chi connectivity index (χ1) is 12.1. The second-order valence-corrected chi connectivity index (χ2v) is 6.38. The number of amides is 2. The fourth-order valence-corrected chi connectivity index (χ4v) is 2.97. The summed E-state index contributed by atoms with van der Waals surface area (Å²) in [4.78, 5) is 24.8. The Balaban J connectivity index is 1.58. The predicted molar refractivity (Wildman–Crippen MR) is 90.2 cm³/mol. The number of carbonyl (C=O) groups excluding carboxylic acids is 2. The molecule has 0 atom stereocenters. The van der Waals surface area contributed by atoms with Crippen molar-refractivity contribution in [3.63, 3.8) is 0 Å². The molecule has 2 amide bonds. The predicted octanol–water partition coefficient (Wildman–Crippen LogP) is 2.05. The Morgan fingerprint density at radius 2 is 2.04 bits per heavy atom. The summed E-state index contributed by atoms with van der Waals surface area (Å²) in [5.74, 6) is -1.03. The van der Waals surface area contributed by atoms with E-state index in [0.29, 0.717) is 5.69 Å². The van der Waals surface area contributed by atoms with Crippen molar-refractivity contribution in [2.45, 2.75) is 31.7 Å². The highest BCUT2D eigenvalue weighted by Gasteiger charge is 2.26.